The molecule has 1 aliphatic heterocycles. The second-order valence-electron chi connectivity index (χ2n) is 4.11. The molecule has 0 radical (unpaired) electrons. The van der Waals surface area contributed by atoms with E-state index < -0.39 is 0 Å². The van der Waals surface area contributed by atoms with Gasteiger partial charge >= 0.3 is 0 Å². The summed E-state index contributed by atoms with van der Waals surface area (Å²) in [5.74, 6) is 0.905. The summed E-state index contributed by atoms with van der Waals surface area (Å²) >= 11 is 0. The van der Waals surface area contributed by atoms with Crippen molar-refractivity contribution in [2.24, 2.45) is 0 Å². The van der Waals surface area contributed by atoms with Gasteiger partial charge in [0.25, 0.3) is 0 Å². The molecular weight excluding hydrogens is 202 g/mol. The fourth-order valence-electron chi connectivity index (χ4n) is 1.93. The van der Waals surface area contributed by atoms with E-state index in [0.29, 0.717) is 6.10 Å². The molecule has 3 nitrogen and oxygen atoms in total. The molecule has 88 valence electrons. The smallest absolute Gasteiger partial charge is 0.118 e. The number of nitrogens with one attached hydrogen (secondary N) is 1. The Hall–Kier alpha value is -1.06. The van der Waals surface area contributed by atoms with Gasteiger partial charge in [-0.25, -0.2) is 0 Å². The van der Waals surface area contributed by atoms with Gasteiger partial charge < -0.3 is 14.8 Å². The number of ether oxygens (including phenoxy) is 2. The van der Waals surface area contributed by atoms with Crippen LogP contribution in [0.4, 0.5) is 0 Å². The van der Waals surface area contributed by atoms with E-state index in [-0.39, 0.29) is 0 Å². The monoisotopic (exact) mass is 221 g/mol. The van der Waals surface area contributed by atoms with Crippen LogP contribution in [0.3, 0.4) is 0 Å². The SMILES string of the molecule is COc1ccc(CNC[C@@H]2CCCO2)cc1. The summed E-state index contributed by atoms with van der Waals surface area (Å²) in [5, 5.41) is 3.42. The second-order valence-corrected chi connectivity index (χ2v) is 4.11. The zero-order valence-electron chi connectivity index (χ0n) is 9.74. The first kappa shape index (κ1) is 11.4. The summed E-state index contributed by atoms with van der Waals surface area (Å²) in [6.45, 7) is 2.77. The van der Waals surface area contributed by atoms with Gasteiger partial charge in [0.05, 0.1) is 13.2 Å². The van der Waals surface area contributed by atoms with Gasteiger partial charge in [0.1, 0.15) is 5.75 Å². The van der Waals surface area contributed by atoms with Crippen LogP contribution in [-0.4, -0.2) is 26.4 Å². The second kappa shape index (κ2) is 5.87. The molecule has 3 heteroatoms. The minimum absolute atomic E-state index is 0.415. The Labute approximate surface area is 96.8 Å². The molecule has 0 amide bonds. The average molecular weight is 221 g/mol. The topological polar surface area (TPSA) is 30.5 Å². The number of rotatable bonds is 5. The van der Waals surface area contributed by atoms with Crippen LogP contribution in [0, 0.1) is 0 Å². The maximum atomic E-state index is 5.54. The molecule has 1 aromatic carbocycles. The first-order valence-corrected chi connectivity index (χ1v) is 5.84. The van der Waals surface area contributed by atoms with E-state index in [2.05, 4.69) is 17.4 Å². The van der Waals surface area contributed by atoms with Crippen LogP contribution in [0.5, 0.6) is 5.75 Å². The minimum atomic E-state index is 0.415. The van der Waals surface area contributed by atoms with Crippen LogP contribution in [0.15, 0.2) is 24.3 Å². The van der Waals surface area contributed by atoms with Crippen molar-refractivity contribution >= 4 is 0 Å². The van der Waals surface area contributed by atoms with Crippen molar-refractivity contribution < 1.29 is 9.47 Å². The van der Waals surface area contributed by atoms with Gasteiger partial charge in [0.15, 0.2) is 0 Å². The molecule has 1 N–H and O–H groups in total. The third kappa shape index (κ3) is 3.22. The zero-order valence-corrected chi connectivity index (χ0v) is 9.74. The molecule has 0 aromatic heterocycles. The predicted molar refractivity (Wildman–Crippen MR) is 63.7 cm³/mol. The summed E-state index contributed by atoms with van der Waals surface area (Å²) in [6.07, 6.45) is 2.81. The van der Waals surface area contributed by atoms with Gasteiger partial charge in [-0.05, 0) is 30.5 Å². The lowest BCUT2D eigenvalue weighted by molar-refractivity contribution is 0.110. The Kier molecular flexibility index (Phi) is 4.19. The van der Waals surface area contributed by atoms with E-state index >= 15 is 0 Å². The average Bonchev–Trinajstić information content (AvgIpc) is 2.83. The lowest BCUT2D eigenvalue weighted by Gasteiger charge is -2.10. The van der Waals surface area contributed by atoms with Gasteiger partial charge in [-0.15, -0.1) is 0 Å². The highest BCUT2D eigenvalue weighted by Gasteiger charge is 2.14. The largest absolute Gasteiger partial charge is 0.497 e. The van der Waals surface area contributed by atoms with Crippen molar-refractivity contribution in [3.8, 4) is 5.75 Å². The highest BCUT2D eigenvalue weighted by atomic mass is 16.5. The lowest BCUT2D eigenvalue weighted by atomic mass is 10.2. The van der Waals surface area contributed by atoms with Crippen molar-refractivity contribution in [2.75, 3.05) is 20.3 Å². The Morgan fingerprint density at radius 2 is 2.19 bits per heavy atom. The Morgan fingerprint density at radius 1 is 1.38 bits per heavy atom. The van der Waals surface area contributed by atoms with E-state index in [9.17, 15) is 0 Å². The van der Waals surface area contributed by atoms with Gasteiger partial charge in [0.2, 0.25) is 0 Å². The molecule has 1 aliphatic rings. The molecular formula is C13H19NO2. The molecule has 1 saturated heterocycles. The number of hydrogen-bond acceptors (Lipinski definition) is 3. The first-order chi connectivity index (χ1) is 7.88. The maximum Gasteiger partial charge on any atom is 0.118 e. The molecule has 0 spiro atoms. The lowest BCUT2D eigenvalue weighted by Crippen LogP contribution is -2.25. The Morgan fingerprint density at radius 3 is 2.81 bits per heavy atom. The van der Waals surface area contributed by atoms with Crippen LogP contribution in [0.25, 0.3) is 0 Å². The third-order valence-electron chi connectivity index (χ3n) is 2.88. The van der Waals surface area contributed by atoms with E-state index in [1.807, 2.05) is 12.1 Å². The molecule has 1 atom stereocenters. The van der Waals surface area contributed by atoms with Crippen LogP contribution in [-0.2, 0) is 11.3 Å². The van der Waals surface area contributed by atoms with Crippen LogP contribution >= 0.6 is 0 Å². The minimum Gasteiger partial charge on any atom is -0.497 e. The van der Waals surface area contributed by atoms with Crippen molar-refractivity contribution in [1.29, 1.82) is 0 Å². The van der Waals surface area contributed by atoms with Gasteiger partial charge in [-0.3, -0.25) is 0 Å². The molecule has 1 heterocycles. The fraction of sp³-hybridized carbons (Fsp3) is 0.538. The first-order valence-electron chi connectivity index (χ1n) is 5.84. The number of benzene rings is 1. The molecule has 2 rings (SSSR count). The number of hydrogen-bond donors (Lipinski definition) is 1. The Bertz CT molecular complexity index is 304. The molecule has 1 fully saturated rings. The van der Waals surface area contributed by atoms with Crippen molar-refractivity contribution in [3.63, 3.8) is 0 Å². The molecule has 0 saturated carbocycles. The van der Waals surface area contributed by atoms with E-state index in [1.165, 1.54) is 18.4 Å². The van der Waals surface area contributed by atoms with E-state index in [0.717, 1.165) is 25.4 Å². The summed E-state index contributed by atoms with van der Waals surface area (Å²) in [7, 11) is 1.69. The summed E-state index contributed by atoms with van der Waals surface area (Å²) in [4.78, 5) is 0. The summed E-state index contributed by atoms with van der Waals surface area (Å²) in [6, 6.07) is 8.15. The molecule has 0 aliphatic carbocycles. The fourth-order valence-corrected chi connectivity index (χ4v) is 1.93. The standard InChI is InChI=1S/C13H19NO2/c1-15-12-6-4-11(5-7-12)9-14-10-13-3-2-8-16-13/h4-7,13-14H,2-3,8-10H2,1H3/t13-/m0/s1. The molecule has 16 heavy (non-hydrogen) atoms. The third-order valence-corrected chi connectivity index (χ3v) is 2.88. The summed E-state index contributed by atoms with van der Waals surface area (Å²) < 4.78 is 10.7. The Balaban J connectivity index is 1.71. The summed E-state index contributed by atoms with van der Waals surface area (Å²) in [5.41, 5.74) is 1.28. The van der Waals surface area contributed by atoms with E-state index in [4.69, 9.17) is 9.47 Å². The van der Waals surface area contributed by atoms with Crippen LogP contribution < -0.4 is 10.1 Å². The molecule has 1 aromatic rings. The van der Waals surface area contributed by atoms with Crippen molar-refractivity contribution in [2.45, 2.75) is 25.5 Å². The van der Waals surface area contributed by atoms with Crippen molar-refractivity contribution in [3.05, 3.63) is 29.8 Å². The number of methoxy groups -OCH3 is 1. The molecule has 0 bridgehead atoms. The van der Waals surface area contributed by atoms with Crippen LogP contribution in [0.2, 0.25) is 0 Å². The van der Waals surface area contributed by atoms with Gasteiger partial charge in [0, 0.05) is 19.7 Å². The predicted octanol–water partition coefficient (Wildman–Crippen LogP) is 1.96. The van der Waals surface area contributed by atoms with Crippen LogP contribution in [0.1, 0.15) is 18.4 Å². The van der Waals surface area contributed by atoms with Crippen molar-refractivity contribution in [1.82, 2.24) is 5.32 Å². The highest BCUT2D eigenvalue weighted by Crippen LogP contribution is 2.12. The normalized spacial score (nSPS) is 19.9. The quantitative estimate of drug-likeness (QED) is 0.824. The van der Waals surface area contributed by atoms with Gasteiger partial charge in [-0.2, -0.15) is 0 Å². The van der Waals surface area contributed by atoms with Gasteiger partial charge in [-0.1, -0.05) is 12.1 Å². The molecule has 0 unspecified atom stereocenters. The van der Waals surface area contributed by atoms with E-state index in [1.54, 1.807) is 7.11 Å². The zero-order chi connectivity index (χ0) is 11.2. The highest BCUT2D eigenvalue weighted by molar-refractivity contribution is 5.26. The maximum absolute atomic E-state index is 5.54.